The van der Waals surface area contributed by atoms with Crippen molar-refractivity contribution in [3.8, 4) is 5.69 Å². The number of nitrogens with zero attached hydrogens (tertiary/aromatic N) is 4. The largest absolute Gasteiger partial charge is 0.408 e. The van der Waals surface area contributed by atoms with E-state index in [1.807, 2.05) is 50.2 Å². The summed E-state index contributed by atoms with van der Waals surface area (Å²) < 4.78 is 7.00. The lowest BCUT2D eigenvalue weighted by molar-refractivity contribution is -0.113. The van der Waals surface area contributed by atoms with Gasteiger partial charge in [0.1, 0.15) is 0 Å². The molecule has 0 fully saturated rings. The highest BCUT2D eigenvalue weighted by atomic mass is 32.2. The van der Waals surface area contributed by atoms with Crippen LogP contribution in [0.25, 0.3) is 16.6 Å². The number of hydrogen-bond acceptors (Lipinski definition) is 7. The van der Waals surface area contributed by atoms with Crippen molar-refractivity contribution in [1.29, 1.82) is 0 Å². The molecule has 9 heteroatoms. The van der Waals surface area contributed by atoms with Crippen LogP contribution in [0.3, 0.4) is 0 Å². The Hall–Kier alpha value is -3.46. The number of anilines is 1. The number of hydrogen-bond donors (Lipinski definition) is 1. The van der Waals surface area contributed by atoms with E-state index in [0.29, 0.717) is 33.6 Å². The molecule has 2 heterocycles. The number of benzene rings is 2. The van der Waals surface area contributed by atoms with Gasteiger partial charge in [-0.15, -0.1) is 5.10 Å². The Balaban J connectivity index is 1.63. The molecule has 1 N–H and O–H groups in total. The van der Waals surface area contributed by atoms with Crippen LogP contribution in [0.15, 0.2) is 62.9 Å². The summed E-state index contributed by atoms with van der Waals surface area (Å²) in [6.45, 7) is 8.17. The van der Waals surface area contributed by atoms with Gasteiger partial charge in [0.2, 0.25) is 11.8 Å². The molecule has 4 rings (SSSR count). The van der Waals surface area contributed by atoms with E-state index in [0.717, 1.165) is 6.42 Å². The molecule has 1 unspecified atom stereocenters. The van der Waals surface area contributed by atoms with Crippen LogP contribution in [0.4, 0.5) is 6.01 Å². The van der Waals surface area contributed by atoms with Crippen molar-refractivity contribution in [2.24, 2.45) is 0 Å². The second-order valence-corrected chi connectivity index (χ2v) is 9.33. The van der Waals surface area contributed by atoms with Gasteiger partial charge in [-0.2, -0.15) is 0 Å². The number of thioether (sulfide) groups is 1. The quantitative estimate of drug-likeness (QED) is 0.277. The van der Waals surface area contributed by atoms with E-state index in [4.69, 9.17) is 4.42 Å². The van der Waals surface area contributed by atoms with Crippen LogP contribution in [0, 0.1) is 0 Å². The van der Waals surface area contributed by atoms with Gasteiger partial charge in [-0.1, -0.05) is 68.8 Å². The normalized spacial score (nSPS) is 12.3. The van der Waals surface area contributed by atoms with E-state index in [9.17, 15) is 9.59 Å². The zero-order chi connectivity index (χ0) is 24.2. The maximum atomic E-state index is 13.4. The summed E-state index contributed by atoms with van der Waals surface area (Å²) in [6, 6.07) is 15.2. The number of carbonyl (C=O) groups excluding carboxylic acids is 1. The molecule has 0 aliphatic carbocycles. The van der Waals surface area contributed by atoms with Crippen LogP contribution in [0.2, 0.25) is 0 Å². The molecule has 2 aromatic heterocycles. The Morgan fingerprint density at radius 3 is 2.50 bits per heavy atom. The van der Waals surface area contributed by atoms with Crippen LogP contribution in [-0.2, 0) is 4.79 Å². The Morgan fingerprint density at radius 2 is 1.82 bits per heavy atom. The molecule has 0 bridgehead atoms. The predicted molar refractivity (Wildman–Crippen MR) is 134 cm³/mol. The van der Waals surface area contributed by atoms with Gasteiger partial charge in [0.05, 0.1) is 22.3 Å². The van der Waals surface area contributed by atoms with Gasteiger partial charge in [-0.3, -0.25) is 19.5 Å². The van der Waals surface area contributed by atoms with Crippen molar-refractivity contribution < 1.29 is 9.21 Å². The third kappa shape index (κ3) is 5.04. The zero-order valence-electron chi connectivity index (χ0n) is 19.6. The highest BCUT2D eigenvalue weighted by Crippen LogP contribution is 2.24. The molecule has 176 valence electrons. The lowest BCUT2D eigenvalue weighted by Gasteiger charge is -2.15. The first-order valence-electron chi connectivity index (χ1n) is 11.3. The third-order valence-electron chi connectivity index (χ3n) is 5.59. The first-order valence-corrected chi connectivity index (χ1v) is 12.2. The number of para-hydroxylation sites is 1. The molecule has 0 saturated heterocycles. The van der Waals surface area contributed by atoms with E-state index in [1.54, 1.807) is 16.7 Å². The molecule has 34 heavy (non-hydrogen) atoms. The van der Waals surface area contributed by atoms with Crippen molar-refractivity contribution in [2.75, 3.05) is 11.1 Å². The molecule has 1 atom stereocenters. The molecular weight excluding hydrogens is 450 g/mol. The van der Waals surface area contributed by atoms with Crippen LogP contribution in [0.1, 0.15) is 57.4 Å². The van der Waals surface area contributed by atoms with Gasteiger partial charge in [0.15, 0.2) is 5.16 Å². The predicted octanol–water partition coefficient (Wildman–Crippen LogP) is 5.14. The van der Waals surface area contributed by atoms with E-state index >= 15 is 0 Å². The molecule has 1 amide bonds. The monoisotopic (exact) mass is 477 g/mol. The van der Waals surface area contributed by atoms with Gasteiger partial charge in [0, 0.05) is 5.92 Å². The summed E-state index contributed by atoms with van der Waals surface area (Å²) in [7, 11) is 0. The van der Waals surface area contributed by atoms with Crippen molar-refractivity contribution in [3.63, 3.8) is 0 Å². The second-order valence-electron chi connectivity index (χ2n) is 8.39. The molecule has 0 spiro atoms. The van der Waals surface area contributed by atoms with Crippen molar-refractivity contribution >= 4 is 34.6 Å². The maximum Gasteiger partial charge on any atom is 0.322 e. The Labute approximate surface area is 201 Å². The highest BCUT2D eigenvalue weighted by molar-refractivity contribution is 7.99. The van der Waals surface area contributed by atoms with E-state index in [-0.39, 0.29) is 29.2 Å². The number of nitrogens with one attached hydrogen (secondary N) is 1. The summed E-state index contributed by atoms with van der Waals surface area (Å²) in [5, 5.41) is 11.3. The topological polar surface area (TPSA) is 103 Å². The summed E-state index contributed by atoms with van der Waals surface area (Å²) in [5.41, 5.74) is 2.32. The molecule has 0 saturated carbocycles. The minimum Gasteiger partial charge on any atom is -0.408 e. The Bertz CT molecular complexity index is 1360. The molecule has 0 aliphatic rings. The third-order valence-corrected chi connectivity index (χ3v) is 6.53. The lowest BCUT2D eigenvalue weighted by atomic mass is 9.98. The Morgan fingerprint density at radius 1 is 1.09 bits per heavy atom. The van der Waals surface area contributed by atoms with E-state index in [1.165, 1.54) is 17.3 Å². The lowest BCUT2D eigenvalue weighted by Crippen LogP contribution is -2.23. The van der Waals surface area contributed by atoms with Gasteiger partial charge in [-0.25, -0.2) is 4.98 Å². The molecule has 8 nitrogen and oxygen atoms in total. The van der Waals surface area contributed by atoms with Crippen LogP contribution < -0.4 is 10.9 Å². The molecular formula is C25H27N5O3S. The van der Waals surface area contributed by atoms with Crippen LogP contribution in [0.5, 0.6) is 0 Å². The Kier molecular flexibility index (Phi) is 7.12. The number of rotatable bonds is 8. The molecule has 2 aromatic carbocycles. The van der Waals surface area contributed by atoms with Crippen LogP contribution in [-0.4, -0.2) is 31.4 Å². The minimum atomic E-state index is -0.329. The number of carbonyl (C=O) groups is 1. The van der Waals surface area contributed by atoms with E-state index in [2.05, 4.69) is 34.3 Å². The van der Waals surface area contributed by atoms with Crippen molar-refractivity contribution in [3.05, 3.63) is 70.3 Å². The van der Waals surface area contributed by atoms with Crippen molar-refractivity contribution in [1.82, 2.24) is 19.7 Å². The first-order chi connectivity index (χ1) is 16.4. The molecule has 4 aromatic rings. The zero-order valence-corrected chi connectivity index (χ0v) is 20.4. The minimum absolute atomic E-state index is 0.0229. The van der Waals surface area contributed by atoms with E-state index < -0.39 is 0 Å². The van der Waals surface area contributed by atoms with Gasteiger partial charge < -0.3 is 4.42 Å². The van der Waals surface area contributed by atoms with Gasteiger partial charge in [-0.05, 0) is 42.2 Å². The molecule has 0 aliphatic heterocycles. The smallest absolute Gasteiger partial charge is 0.322 e. The summed E-state index contributed by atoms with van der Waals surface area (Å²) in [6.07, 6.45) is 1.03. The standard InChI is InChI=1S/C25H27N5O3S/c1-5-16(4)17-10-12-18(13-11-17)30-23(32)19-8-6-7-9-20(19)26-25(30)34-14-21(31)27-24-29-28-22(33-24)15(2)3/h6-13,15-16H,5,14H2,1-4H3,(H,27,29,31). The van der Waals surface area contributed by atoms with Crippen molar-refractivity contribution in [2.45, 2.75) is 51.1 Å². The average Bonchev–Trinajstić information content (AvgIpc) is 3.31. The first kappa shape index (κ1) is 23.7. The van der Waals surface area contributed by atoms with Gasteiger partial charge >= 0.3 is 6.01 Å². The number of aromatic nitrogens is 4. The average molecular weight is 478 g/mol. The maximum absolute atomic E-state index is 13.4. The SMILES string of the molecule is CCC(C)c1ccc(-n2c(SCC(=O)Nc3nnc(C(C)C)o3)nc3ccccc3c2=O)cc1. The molecule has 0 radical (unpaired) electrons. The van der Waals surface area contributed by atoms with Crippen LogP contribution >= 0.6 is 11.8 Å². The highest BCUT2D eigenvalue weighted by Gasteiger charge is 2.17. The summed E-state index contributed by atoms with van der Waals surface area (Å²) >= 11 is 1.18. The summed E-state index contributed by atoms with van der Waals surface area (Å²) in [4.78, 5) is 30.6. The van der Waals surface area contributed by atoms with Gasteiger partial charge in [0.25, 0.3) is 5.56 Å². The number of amides is 1. The fraction of sp³-hybridized carbons (Fsp3) is 0.320. The second kappa shape index (κ2) is 10.2. The number of fused-ring (bicyclic) bond motifs is 1. The fourth-order valence-corrected chi connectivity index (χ4v) is 4.24. The fourth-order valence-electron chi connectivity index (χ4n) is 3.43. The summed E-state index contributed by atoms with van der Waals surface area (Å²) in [5.74, 6) is 0.642.